The second-order valence-corrected chi connectivity index (χ2v) is 8.15. The summed E-state index contributed by atoms with van der Waals surface area (Å²) in [6.07, 6.45) is 1.55. The van der Waals surface area contributed by atoms with Gasteiger partial charge in [0.2, 0.25) is 4.80 Å². The SMILES string of the molecule is Cc1ccc(C=Nn2c(-c3ccc4c(c3)NC(=O)CO4)csc2=Nc2ccccc2[N+](=O)[O-])o1. The molecule has 170 valence electrons. The maximum Gasteiger partial charge on any atom is 0.294 e. The maximum atomic E-state index is 11.8. The first-order chi connectivity index (χ1) is 16.5. The number of hydrogen-bond acceptors (Lipinski definition) is 8. The number of aromatic nitrogens is 1. The van der Waals surface area contributed by atoms with E-state index in [0.29, 0.717) is 27.7 Å². The van der Waals surface area contributed by atoms with E-state index in [2.05, 4.69) is 15.4 Å². The highest BCUT2D eigenvalue weighted by Gasteiger charge is 2.18. The molecule has 0 aliphatic carbocycles. The number of anilines is 1. The molecule has 1 N–H and O–H groups in total. The fourth-order valence-electron chi connectivity index (χ4n) is 3.38. The first kappa shape index (κ1) is 21.3. The van der Waals surface area contributed by atoms with Gasteiger partial charge in [-0.15, -0.1) is 11.3 Å². The van der Waals surface area contributed by atoms with Crippen molar-refractivity contribution in [3.05, 3.63) is 86.4 Å². The van der Waals surface area contributed by atoms with Crippen LogP contribution in [0.25, 0.3) is 11.3 Å². The van der Waals surface area contributed by atoms with E-state index >= 15 is 0 Å². The quantitative estimate of drug-likeness (QED) is 0.259. The Balaban J connectivity index is 1.66. The van der Waals surface area contributed by atoms with Gasteiger partial charge in [-0.25, -0.2) is 9.67 Å². The summed E-state index contributed by atoms with van der Waals surface area (Å²) in [6.45, 7) is 1.80. The van der Waals surface area contributed by atoms with E-state index in [4.69, 9.17) is 9.15 Å². The van der Waals surface area contributed by atoms with Gasteiger partial charge in [-0.05, 0) is 43.3 Å². The van der Waals surface area contributed by atoms with Gasteiger partial charge in [0, 0.05) is 17.0 Å². The minimum absolute atomic E-state index is 0.0312. The molecule has 4 aromatic rings. The molecule has 10 nitrogen and oxygen atoms in total. The number of nitro benzene ring substituents is 1. The molecule has 34 heavy (non-hydrogen) atoms. The van der Waals surface area contributed by atoms with Gasteiger partial charge < -0.3 is 14.5 Å². The lowest BCUT2D eigenvalue weighted by atomic mass is 10.1. The lowest BCUT2D eigenvalue weighted by Crippen LogP contribution is -2.25. The molecule has 0 atom stereocenters. The molecule has 5 rings (SSSR count). The molecule has 1 aliphatic heterocycles. The van der Waals surface area contributed by atoms with Gasteiger partial charge in [-0.1, -0.05) is 12.1 Å². The van der Waals surface area contributed by atoms with Crippen LogP contribution in [0.2, 0.25) is 0 Å². The number of nitro groups is 1. The van der Waals surface area contributed by atoms with Crippen LogP contribution in [0, 0.1) is 17.0 Å². The van der Waals surface area contributed by atoms with Gasteiger partial charge >= 0.3 is 0 Å². The minimum atomic E-state index is -0.473. The minimum Gasteiger partial charge on any atom is -0.482 e. The van der Waals surface area contributed by atoms with Crippen molar-refractivity contribution in [2.45, 2.75) is 6.92 Å². The van der Waals surface area contributed by atoms with E-state index in [1.165, 1.54) is 17.4 Å². The van der Waals surface area contributed by atoms with E-state index in [9.17, 15) is 14.9 Å². The zero-order valence-corrected chi connectivity index (χ0v) is 18.6. The van der Waals surface area contributed by atoms with Crippen LogP contribution >= 0.6 is 11.3 Å². The molecule has 2 aromatic heterocycles. The molecule has 2 aromatic carbocycles. The molecule has 0 unspecified atom stereocenters. The Kier molecular flexibility index (Phi) is 5.52. The number of nitrogens with one attached hydrogen (secondary N) is 1. The summed E-state index contributed by atoms with van der Waals surface area (Å²) in [5.74, 6) is 1.63. The van der Waals surface area contributed by atoms with Gasteiger partial charge in [-0.3, -0.25) is 14.9 Å². The van der Waals surface area contributed by atoms with Gasteiger partial charge in [0.15, 0.2) is 6.61 Å². The predicted molar refractivity (Wildman–Crippen MR) is 127 cm³/mol. The topological polar surface area (TPSA) is 124 Å². The maximum absolute atomic E-state index is 11.8. The number of nitrogens with zero attached hydrogens (tertiary/aromatic N) is 4. The van der Waals surface area contributed by atoms with E-state index in [0.717, 1.165) is 11.3 Å². The molecule has 0 spiro atoms. The third kappa shape index (κ3) is 4.24. The van der Waals surface area contributed by atoms with Gasteiger partial charge in [0.25, 0.3) is 11.6 Å². The van der Waals surface area contributed by atoms with Crippen molar-refractivity contribution in [1.29, 1.82) is 0 Å². The summed E-state index contributed by atoms with van der Waals surface area (Å²) in [5.41, 5.74) is 2.07. The third-order valence-electron chi connectivity index (χ3n) is 4.95. The molecular weight excluding hydrogens is 458 g/mol. The van der Waals surface area contributed by atoms with E-state index in [-0.39, 0.29) is 23.9 Å². The predicted octanol–water partition coefficient (Wildman–Crippen LogP) is 4.47. The number of benzene rings is 2. The Bertz CT molecular complexity index is 1510. The standard InChI is InChI=1S/C23H17N5O5S/c1-14-6-8-16(33-14)11-24-27-20(15-7-9-21-18(10-15)25-22(29)12-32-21)13-34-23(27)26-17-4-2-3-5-19(17)28(30)31/h2-11,13H,12H2,1H3,(H,25,29). The molecule has 11 heteroatoms. The van der Waals surface area contributed by atoms with Crippen molar-refractivity contribution in [2.24, 2.45) is 10.1 Å². The highest BCUT2D eigenvalue weighted by atomic mass is 32.1. The largest absolute Gasteiger partial charge is 0.482 e. The summed E-state index contributed by atoms with van der Waals surface area (Å²) in [7, 11) is 0. The number of carbonyl (C=O) groups excluding carboxylic acids is 1. The normalized spacial score (nSPS) is 13.6. The number of fused-ring (bicyclic) bond motifs is 1. The first-order valence-corrected chi connectivity index (χ1v) is 11.0. The molecule has 0 saturated carbocycles. The van der Waals surface area contributed by atoms with E-state index < -0.39 is 4.92 Å². The number of aryl methyl sites for hydroxylation is 1. The fourth-order valence-corrected chi connectivity index (χ4v) is 4.23. The Morgan fingerprint density at radius 2 is 2.06 bits per heavy atom. The summed E-state index contributed by atoms with van der Waals surface area (Å²) in [4.78, 5) is 27.7. The Hall–Kier alpha value is -4.51. The van der Waals surface area contributed by atoms with Crippen LogP contribution in [0.3, 0.4) is 0 Å². The summed E-state index contributed by atoms with van der Waals surface area (Å²) in [6, 6.07) is 15.3. The van der Waals surface area contributed by atoms with Crippen molar-refractivity contribution in [3.8, 4) is 17.0 Å². The van der Waals surface area contributed by atoms with Crippen LogP contribution in [-0.2, 0) is 4.79 Å². The lowest BCUT2D eigenvalue weighted by Gasteiger charge is -2.18. The van der Waals surface area contributed by atoms with Crippen molar-refractivity contribution < 1.29 is 18.9 Å². The van der Waals surface area contributed by atoms with Crippen LogP contribution in [0.15, 0.2) is 74.5 Å². The van der Waals surface area contributed by atoms with Crippen molar-refractivity contribution in [2.75, 3.05) is 11.9 Å². The van der Waals surface area contributed by atoms with Crippen molar-refractivity contribution >= 4 is 40.5 Å². The second kappa shape index (κ2) is 8.79. The Morgan fingerprint density at radius 1 is 1.21 bits per heavy atom. The molecule has 0 saturated heterocycles. The molecule has 1 aliphatic rings. The highest BCUT2D eigenvalue weighted by molar-refractivity contribution is 7.07. The fraction of sp³-hybridized carbons (Fsp3) is 0.0870. The second-order valence-electron chi connectivity index (χ2n) is 7.31. The average molecular weight is 475 g/mol. The number of para-hydroxylation sites is 2. The highest BCUT2D eigenvalue weighted by Crippen LogP contribution is 2.33. The number of amides is 1. The van der Waals surface area contributed by atoms with Crippen LogP contribution < -0.4 is 14.9 Å². The van der Waals surface area contributed by atoms with Crippen LogP contribution in [0.5, 0.6) is 5.75 Å². The van der Waals surface area contributed by atoms with E-state index in [1.807, 2.05) is 24.4 Å². The molecule has 3 heterocycles. The molecular formula is C23H17N5O5S. The number of rotatable bonds is 5. The zero-order valence-electron chi connectivity index (χ0n) is 17.8. The van der Waals surface area contributed by atoms with Gasteiger partial charge in [0.1, 0.15) is 23.0 Å². The average Bonchev–Trinajstić information content (AvgIpc) is 3.43. The smallest absolute Gasteiger partial charge is 0.294 e. The van der Waals surface area contributed by atoms with Crippen LogP contribution in [0.4, 0.5) is 17.1 Å². The number of ether oxygens (including phenoxy) is 1. The summed E-state index contributed by atoms with van der Waals surface area (Å²) < 4.78 is 12.6. The van der Waals surface area contributed by atoms with Gasteiger partial charge in [-0.2, -0.15) is 5.10 Å². The first-order valence-electron chi connectivity index (χ1n) is 10.1. The van der Waals surface area contributed by atoms with Crippen LogP contribution in [-0.4, -0.2) is 28.3 Å². The monoisotopic (exact) mass is 475 g/mol. The number of carbonyl (C=O) groups is 1. The zero-order chi connectivity index (χ0) is 23.7. The molecule has 0 radical (unpaired) electrons. The third-order valence-corrected chi connectivity index (χ3v) is 5.77. The number of furan rings is 1. The summed E-state index contributed by atoms with van der Waals surface area (Å²) in [5, 5.41) is 20.6. The molecule has 1 amide bonds. The van der Waals surface area contributed by atoms with Crippen LogP contribution in [0.1, 0.15) is 11.5 Å². The Labute approximate surface area is 196 Å². The summed E-state index contributed by atoms with van der Waals surface area (Å²) >= 11 is 1.28. The van der Waals surface area contributed by atoms with Gasteiger partial charge in [0.05, 0.1) is 22.5 Å². The Morgan fingerprint density at radius 3 is 2.85 bits per heavy atom. The molecule has 0 fully saturated rings. The van der Waals surface area contributed by atoms with E-state index in [1.54, 1.807) is 47.3 Å². The molecule has 0 bridgehead atoms. The number of hydrogen-bond donors (Lipinski definition) is 1. The van der Waals surface area contributed by atoms with Crippen molar-refractivity contribution in [1.82, 2.24) is 4.68 Å². The number of thiazole rings is 1. The van der Waals surface area contributed by atoms with Crippen molar-refractivity contribution in [3.63, 3.8) is 0 Å². The lowest BCUT2D eigenvalue weighted by molar-refractivity contribution is -0.384.